The van der Waals surface area contributed by atoms with Gasteiger partial charge in [0.25, 0.3) is 0 Å². The van der Waals surface area contributed by atoms with Gasteiger partial charge < -0.3 is 9.84 Å². The Balaban J connectivity index is 1.84. The molecule has 0 radical (unpaired) electrons. The van der Waals surface area contributed by atoms with E-state index in [-0.39, 0.29) is 0 Å². The monoisotopic (exact) mass is 322 g/mol. The molecule has 0 amide bonds. The molecule has 1 saturated heterocycles. The summed E-state index contributed by atoms with van der Waals surface area (Å²) in [5, 5.41) is 8.53. The third kappa shape index (κ3) is 12.1. The van der Waals surface area contributed by atoms with Crippen molar-refractivity contribution in [3.63, 3.8) is 0 Å². The molecule has 132 valence electrons. The van der Waals surface area contributed by atoms with Crippen LogP contribution in [0.5, 0.6) is 0 Å². The van der Waals surface area contributed by atoms with Crippen LogP contribution in [0.3, 0.4) is 0 Å². The highest BCUT2D eigenvalue weighted by molar-refractivity contribution is 5.66. The predicted molar refractivity (Wildman–Crippen MR) is 95.7 cm³/mol. The molecule has 0 unspecified atom stereocenters. The molecule has 1 rings (SSSR count). The summed E-state index contributed by atoms with van der Waals surface area (Å²) in [6, 6.07) is 0. The molecule has 0 aromatic carbocycles. The number of carboxylic acid groups (broad SMARTS) is 1. The first kappa shape index (κ1) is 20.0. The highest BCUT2D eigenvalue weighted by atomic mass is 16.6. The second kappa shape index (κ2) is 13.4. The lowest BCUT2D eigenvalue weighted by Crippen LogP contribution is -1.93. The fraction of sp³-hybridized carbons (Fsp3) is 0.750. The van der Waals surface area contributed by atoms with Crippen molar-refractivity contribution < 1.29 is 14.6 Å². The number of hydrogen-bond donors (Lipinski definition) is 1. The fourth-order valence-electron chi connectivity index (χ4n) is 2.75. The standard InChI is InChI=1S/C20H34O3/c1-2-3-12-15-18-19(23-18)16-13-10-8-6-4-5-7-9-11-14-17-20(21)22/h4,6,10,13,18-19H,2-3,5,7-9,11-12,14-17H2,1H3,(H,21,22)/b6-4-,13-10-/t18-,19-/m0/s1. The van der Waals surface area contributed by atoms with Gasteiger partial charge in [0, 0.05) is 6.42 Å². The van der Waals surface area contributed by atoms with Crippen LogP contribution in [-0.2, 0) is 9.53 Å². The van der Waals surface area contributed by atoms with Crippen LogP contribution in [0.2, 0.25) is 0 Å². The van der Waals surface area contributed by atoms with E-state index in [1.54, 1.807) is 0 Å². The van der Waals surface area contributed by atoms with Crippen molar-refractivity contribution >= 4 is 5.97 Å². The number of allylic oxidation sites excluding steroid dienone is 3. The Morgan fingerprint density at radius 1 is 0.957 bits per heavy atom. The van der Waals surface area contributed by atoms with E-state index < -0.39 is 5.97 Å². The summed E-state index contributed by atoms with van der Waals surface area (Å²) in [5.74, 6) is -0.680. The Bertz CT molecular complexity index is 360. The van der Waals surface area contributed by atoms with Gasteiger partial charge in [0.1, 0.15) is 0 Å². The maximum absolute atomic E-state index is 10.4. The van der Waals surface area contributed by atoms with Gasteiger partial charge in [-0.25, -0.2) is 0 Å². The highest BCUT2D eigenvalue weighted by Crippen LogP contribution is 2.30. The topological polar surface area (TPSA) is 49.8 Å². The van der Waals surface area contributed by atoms with Crippen LogP contribution in [0.25, 0.3) is 0 Å². The number of aliphatic carboxylic acids is 1. The molecule has 0 spiro atoms. The zero-order chi connectivity index (χ0) is 16.8. The van der Waals surface area contributed by atoms with E-state index in [2.05, 4.69) is 31.2 Å². The van der Waals surface area contributed by atoms with Crippen LogP contribution in [0.15, 0.2) is 24.3 Å². The minimum atomic E-state index is -0.680. The molecule has 0 aliphatic carbocycles. The molecular formula is C20H34O3. The molecule has 3 nitrogen and oxygen atoms in total. The zero-order valence-corrected chi connectivity index (χ0v) is 14.7. The molecule has 2 atom stereocenters. The number of epoxide rings is 1. The summed E-state index contributed by atoms with van der Waals surface area (Å²) in [5.41, 5.74) is 0. The van der Waals surface area contributed by atoms with Gasteiger partial charge in [-0.2, -0.15) is 0 Å². The van der Waals surface area contributed by atoms with Crippen molar-refractivity contribution in [3.8, 4) is 0 Å². The van der Waals surface area contributed by atoms with E-state index in [9.17, 15) is 4.79 Å². The second-order valence-electron chi connectivity index (χ2n) is 6.47. The highest BCUT2D eigenvalue weighted by Gasteiger charge is 2.36. The van der Waals surface area contributed by atoms with Crippen LogP contribution in [0, 0.1) is 0 Å². The average molecular weight is 322 g/mol. The Morgan fingerprint density at radius 3 is 2.52 bits per heavy atom. The molecule has 1 aliphatic heterocycles. The normalized spacial score (nSPS) is 20.6. The zero-order valence-electron chi connectivity index (χ0n) is 14.7. The van der Waals surface area contributed by atoms with Crippen molar-refractivity contribution in [2.45, 2.75) is 96.2 Å². The van der Waals surface area contributed by atoms with Crippen LogP contribution < -0.4 is 0 Å². The molecule has 0 saturated carbocycles. The molecule has 0 aromatic rings. The van der Waals surface area contributed by atoms with Crippen molar-refractivity contribution in [2.75, 3.05) is 0 Å². The smallest absolute Gasteiger partial charge is 0.303 e. The number of carboxylic acids is 1. The summed E-state index contributed by atoms with van der Waals surface area (Å²) >= 11 is 0. The third-order valence-electron chi connectivity index (χ3n) is 4.27. The lowest BCUT2D eigenvalue weighted by atomic mass is 10.1. The lowest BCUT2D eigenvalue weighted by Gasteiger charge is -1.96. The molecule has 1 aliphatic rings. The maximum Gasteiger partial charge on any atom is 0.303 e. The molecule has 1 N–H and O–H groups in total. The SMILES string of the molecule is CCCCC[C@@H]1O[C@H]1C/C=C\C/C=C\CCCCCCC(=O)O. The van der Waals surface area contributed by atoms with Gasteiger partial charge >= 0.3 is 5.97 Å². The third-order valence-corrected chi connectivity index (χ3v) is 4.27. The van der Waals surface area contributed by atoms with Gasteiger partial charge in [0.15, 0.2) is 0 Å². The molecular weight excluding hydrogens is 288 g/mol. The number of unbranched alkanes of at least 4 members (excludes halogenated alkanes) is 6. The van der Waals surface area contributed by atoms with Gasteiger partial charge in [-0.15, -0.1) is 0 Å². The van der Waals surface area contributed by atoms with Crippen LogP contribution in [-0.4, -0.2) is 23.3 Å². The van der Waals surface area contributed by atoms with E-state index in [0.717, 1.165) is 44.9 Å². The van der Waals surface area contributed by atoms with Crippen LogP contribution >= 0.6 is 0 Å². The van der Waals surface area contributed by atoms with E-state index in [1.807, 2.05) is 0 Å². The first-order valence-electron chi connectivity index (χ1n) is 9.41. The minimum absolute atomic E-state index is 0.310. The molecule has 23 heavy (non-hydrogen) atoms. The van der Waals surface area contributed by atoms with Gasteiger partial charge in [0.2, 0.25) is 0 Å². The van der Waals surface area contributed by atoms with E-state index in [1.165, 1.54) is 25.7 Å². The van der Waals surface area contributed by atoms with E-state index >= 15 is 0 Å². The molecule has 3 heteroatoms. The van der Waals surface area contributed by atoms with Crippen molar-refractivity contribution in [2.24, 2.45) is 0 Å². The minimum Gasteiger partial charge on any atom is -0.481 e. The lowest BCUT2D eigenvalue weighted by molar-refractivity contribution is -0.137. The van der Waals surface area contributed by atoms with Gasteiger partial charge in [-0.3, -0.25) is 4.79 Å². The van der Waals surface area contributed by atoms with Crippen LogP contribution in [0.1, 0.15) is 84.0 Å². The van der Waals surface area contributed by atoms with Gasteiger partial charge in [0.05, 0.1) is 12.2 Å². The molecule has 0 bridgehead atoms. The van der Waals surface area contributed by atoms with Gasteiger partial charge in [-0.1, -0.05) is 63.3 Å². The summed E-state index contributed by atoms with van der Waals surface area (Å²) in [6.45, 7) is 2.24. The summed E-state index contributed by atoms with van der Waals surface area (Å²) in [4.78, 5) is 10.4. The summed E-state index contributed by atoms with van der Waals surface area (Å²) in [7, 11) is 0. The Morgan fingerprint density at radius 2 is 1.74 bits per heavy atom. The summed E-state index contributed by atoms with van der Waals surface area (Å²) in [6.07, 6.45) is 22.7. The average Bonchev–Trinajstić information content (AvgIpc) is 3.27. The Labute approximate surface area is 141 Å². The quantitative estimate of drug-likeness (QED) is 0.241. The van der Waals surface area contributed by atoms with Crippen molar-refractivity contribution in [1.29, 1.82) is 0 Å². The van der Waals surface area contributed by atoms with Crippen molar-refractivity contribution in [3.05, 3.63) is 24.3 Å². The first-order valence-corrected chi connectivity index (χ1v) is 9.41. The van der Waals surface area contributed by atoms with Crippen LogP contribution in [0.4, 0.5) is 0 Å². The fourth-order valence-corrected chi connectivity index (χ4v) is 2.75. The number of hydrogen-bond acceptors (Lipinski definition) is 2. The van der Waals surface area contributed by atoms with E-state index in [0.29, 0.717) is 18.6 Å². The number of ether oxygens (including phenoxy) is 1. The van der Waals surface area contributed by atoms with Crippen molar-refractivity contribution in [1.82, 2.24) is 0 Å². The number of rotatable bonds is 15. The predicted octanol–water partition coefficient (Wildman–Crippen LogP) is 5.65. The molecule has 1 fully saturated rings. The largest absolute Gasteiger partial charge is 0.481 e. The van der Waals surface area contributed by atoms with Gasteiger partial charge in [-0.05, 0) is 38.5 Å². The Hall–Kier alpha value is -1.09. The Kier molecular flexibility index (Phi) is 11.6. The second-order valence-corrected chi connectivity index (χ2v) is 6.47. The number of carbonyl (C=O) groups is 1. The first-order chi connectivity index (χ1) is 11.2. The summed E-state index contributed by atoms with van der Waals surface area (Å²) < 4.78 is 5.66. The molecule has 1 heterocycles. The maximum atomic E-state index is 10.4. The molecule has 0 aromatic heterocycles. The van der Waals surface area contributed by atoms with E-state index in [4.69, 9.17) is 9.84 Å².